The van der Waals surface area contributed by atoms with E-state index in [0.29, 0.717) is 0 Å². The van der Waals surface area contributed by atoms with Gasteiger partial charge in [0.1, 0.15) is 0 Å². The second-order valence-electron chi connectivity index (χ2n) is 3.25. The first-order chi connectivity index (χ1) is 7.40. The van der Waals surface area contributed by atoms with Gasteiger partial charge in [-0.15, -0.1) is 0 Å². The number of benzene rings is 1. The molecule has 0 atom stereocenters. The van der Waals surface area contributed by atoms with Crippen LogP contribution in [0.3, 0.4) is 0 Å². The first-order valence-electron chi connectivity index (χ1n) is 4.97. The van der Waals surface area contributed by atoms with Gasteiger partial charge in [0.25, 0.3) is 0 Å². The summed E-state index contributed by atoms with van der Waals surface area (Å²) in [6.45, 7) is 1.77. The molecule has 0 radical (unpaired) electrons. The van der Waals surface area contributed by atoms with Crippen LogP contribution in [0.2, 0.25) is 0 Å². The van der Waals surface area contributed by atoms with E-state index in [4.69, 9.17) is 0 Å². The van der Waals surface area contributed by atoms with Crippen LogP contribution in [-0.4, -0.2) is 37.3 Å². The summed E-state index contributed by atoms with van der Waals surface area (Å²) in [5, 5.41) is 9.38. The molecule has 4 heteroatoms. The second-order valence-corrected chi connectivity index (χ2v) is 3.25. The van der Waals surface area contributed by atoms with Gasteiger partial charge in [0.2, 0.25) is 5.96 Å². The highest BCUT2D eigenvalue weighted by molar-refractivity contribution is 5.84. The molecule has 15 heavy (non-hydrogen) atoms. The van der Waals surface area contributed by atoms with Crippen molar-refractivity contribution in [3.63, 3.8) is 0 Å². The van der Waals surface area contributed by atoms with Crippen molar-refractivity contribution in [1.82, 2.24) is 10.3 Å². The van der Waals surface area contributed by atoms with E-state index >= 15 is 0 Å². The first kappa shape index (κ1) is 9.71. The van der Waals surface area contributed by atoms with E-state index in [-0.39, 0.29) is 0 Å². The fourth-order valence-electron chi connectivity index (χ4n) is 1.45. The van der Waals surface area contributed by atoms with E-state index in [1.807, 2.05) is 41.6 Å². The lowest BCUT2D eigenvalue weighted by atomic mass is 10.2. The third-order valence-corrected chi connectivity index (χ3v) is 2.21. The quantitative estimate of drug-likeness (QED) is 0.724. The summed E-state index contributed by atoms with van der Waals surface area (Å²) in [6.07, 6.45) is 1.85. The Bertz CT molecular complexity index is 369. The van der Waals surface area contributed by atoms with Gasteiger partial charge in [0.05, 0.1) is 12.8 Å². The smallest absolute Gasteiger partial charge is 0.214 e. The van der Waals surface area contributed by atoms with Crippen LogP contribution in [0.5, 0.6) is 0 Å². The minimum absolute atomic E-state index is 0.835. The van der Waals surface area contributed by atoms with E-state index in [2.05, 4.69) is 15.4 Å². The van der Waals surface area contributed by atoms with Crippen molar-refractivity contribution >= 4 is 12.2 Å². The molecule has 0 amide bonds. The zero-order chi connectivity index (χ0) is 10.5. The third kappa shape index (κ3) is 2.34. The molecule has 1 aromatic carbocycles. The molecule has 1 aliphatic heterocycles. The summed E-state index contributed by atoms with van der Waals surface area (Å²) in [7, 11) is 1.76. The molecule has 0 bridgehead atoms. The minimum Gasteiger partial charge on any atom is -0.353 e. The van der Waals surface area contributed by atoms with Gasteiger partial charge >= 0.3 is 0 Å². The van der Waals surface area contributed by atoms with E-state index in [1.54, 1.807) is 7.05 Å². The van der Waals surface area contributed by atoms with Crippen molar-refractivity contribution in [2.75, 3.05) is 20.1 Å². The largest absolute Gasteiger partial charge is 0.353 e. The lowest BCUT2D eigenvalue weighted by Crippen LogP contribution is -2.25. The molecule has 0 aromatic heterocycles. The third-order valence-electron chi connectivity index (χ3n) is 2.21. The van der Waals surface area contributed by atoms with Crippen LogP contribution in [0.4, 0.5) is 0 Å². The Labute approximate surface area is 89.3 Å². The van der Waals surface area contributed by atoms with Crippen LogP contribution < -0.4 is 5.32 Å². The molecule has 1 aromatic rings. The zero-order valence-electron chi connectivity index (χ0n) is 8.72. The molecule has 1 fully saturated rings. The van der Waals surface area contributed by atoms with Gasteiger partial charge in [0, 0.05) is 13.6 Å². The lowest BCUT2D eigenvalue weighted by molar-refractivity contribution is 0.497. The van der Waals surface area contributed by atoms with E-state index in [9.17, 15) is 0 Å². The zero-order valence-corrected chi connectivity index (χ0v) is 8.72. The Morgan fingerprint density at radius 1 is 1.33 bits per heavy atom. The first-order valence-corrected chi connectivity index (χ1v) is 4.97. The van der Waals surface area contributed by atoms with Crippen molar-refractivity contribution in [1.29, 1.82) is 0 Å². The maximum absolute atomic E-state index is 4.36. The predicted molar refractivity (Wildman–Crippen MR) is 62.1 cm³/mol. The van der Waals surface area contributed by atoms with Crippen molar-refractivity contribution in [2.45, 2.75) is 0 Å². The van der Waals surface area contributed by atoms with Crippen LogP contribution in [0.15, 0.2) is 40.4 Å². The van der Waals surface area contributed by atoms with Gasteiger partial charge in [-0.25, -0.2) is 5.01 Å². The van der Waals surface area contributed by atoms with Crippen LogP contribution in [0.25, 0.3) is 0 Å². The molecule has 0 saturated carbocycles. The van der Waals surface area contributed by atoms with Gasteiger partial charge in [-0.2, -0.15) is 5.10 Å². The second kappa shape index (κ2) is 4.59. The Kier molecular flexibility index (Phi) is 2.97. The standard InChI is InChI=1S/C11H14N4/c1-12-11-13-7-8-15(11)14-9-10-5-3-2-4-6-10/h2-6,9H,7-8H2,1H3,(H,12,13). The van der Waals surface area contributed by atoms with Crippen molar-refractivity contribution in [3.8, 4) is 0 Å². The van der Waals surface area contributed by atoms with E-state index < -0.39 is 0 Å². The summed E-state index contributed by atoms with van der Waals surface area (Å²) in [6, 6.07) is 10.0. The SMILES string of the molecule is CN=C1NCCN1N=Cc1ccccc1. The van der Waals surface area contributed by atoms with Crippen LogP contribution in [0, 0.1) is 0 Å². The number of hydrogen-bond donors (Lipinski definition) is 1. The van der Waals surface area contributed by atoms with E-state index in [0.717, 1.165) is 24.6 Å². The molecule has 1 saturated heterocycles. The Morgan fingerprint density at radius 3 is 2.87 bits per heavy atom. The average molecular weight is 202 g/mol. The molecular weight excluding hydrogens is 188 g/mol. The lowest BCUT2D eigenvalue weighted by Gasteiger charge is -2.09. The molecule has 4 nitrogen and oxygen atoms in total. The van der Waals surface area contributed by atoms with Gasteiger partial charge in [-0.05, 0) is 5.56 Å². The van der Waals surface area contributed by atoms with Gasteiger partial charge < -0.3 is 5.32 Å². The van der Waals surface area contributed by atoms with Crippen LogP contribution in [-0.2, 0) is 0 Å². The molecule has 0 spiro atoms. The van der Waals surface area contributed by atoms with Crippen molar-refractivity contribution in [3.05, 3.63) is 35.9 Å². The molecular formula is C11H14N4. The molecule has 2 rings (SSSR count). The number of hydrazone groups is 1. The van der Waals surface area contributed by atoms with Gasteiger partial charge in [-0.1, -0.05) is 30.3 Å². The molecule has 0 unspecified atom stereocenters. The van der Waals surface area contributed by atoms with Gasteiger partial charge in [0.15, 0.2) is 0 Å². The predicted octanol–water partition coefficient (Wildman–Crippen LogP) is 0.911. The Balaban J connectivity index is 2.06. The molecule has 1 N–H and O–H groups in total. The fourth-order valence-corrected chi connectivity index (χ4v) is 1.45. The number of hydrogen-bond acceptors (Lipinski definition) is 2. The van der Waals surface area contributed by atoms with Gasteiger partial charge in [-0.3, -0.25) is 4.99 Å². The maximum Gasteiger partial charge on any atom is 0.214 e. The molecule has 78 valence electrons. The van der Waals surface area contributed by atoms with Crippen LogP contribution in [0.1, 0.15) is 5.56 Å². The van der Waals surface area contributed by atoms with Crippen molar-refractivity contribution in [2.24, 2.45) is 10.1 Å². The fraction of sp³-hybridized carbons (Fsp3) is 0.273. The minimum atomic E-state index is 0.835. The number of guanidine groups is 1. The highest BCUT2D eigenvalue weighted by Gasteiger charge is 2.14. The molecule has 0 aliphatic carbocycles. The number of nitrogens with one attached hydrogen (secondary N) is 1. The number of rotatable bonds is 2. The number of nitrogens with zero attached hydrogens (tertiary/aromatic N) is 3. The summed E-state index contributed by atoms with van der Waals surface area (Å²) in [5.41, 5.74) is 1.10. The Morgan fingerprint density at radius 2 is 2.13 bits per heavy atom. The van der Waals surface area contributed by atoms with Crippen LogP contribution >= 0.6 is 0 Å². The average Bonchev–Trinajstić information content (AvgIpc) is 2.75. The summed E-state index contributed by atoms with van der Waals surface area (Å²) in [4.78, 5) is 4.10. The maximum atomic E-state index is 4.36. The summed E-state index contributed by atoms with van der Waals surface area (Å²) in [5.74, 6) is 0.835. The number of aliphatic imine (C=N–C) groups is 1. The van der Waals surface area contributed by atoms with E-state index in [1.165, 1.54) is 0 Å². The highest BCUT2D eigenvalue weighted by Crippen LogP contribution is 1.99. The topological polar surface area (TPSA) is 40.0 Å². The normalized spacial score (nSPS) is 18.7. The highest BCUT2D eigenvalue weighted by atomic mass is 15.5. The Hall–Kier alpha value is -1.84. The monoisotopic (exact) mass is 202 g/mol. The molecule has 1 aliphatic rings. The summed E-state index contributed by atoms with van der Waals surface area (Å²) >= 11 is 0. The van der Waals surface area contributed by atoms with Crippen molar-refractivity contribution < 1.29 is 0 Å². The molecule has 1 heterocycles. The summed E-state index contributed by atoms with van der Waals surface area (Å²) < 4.78 is 0.